The number of halogens is 1. The summed E-state index contributed by atoms with van der Waals surface area (Å²) in [4.78, 5) is 0. The van der Waals surface area contributed by atoms with Crippen LogP contribution in [0.5, 0.6) is 0 Å². The molecule has 0 radical (unpaired) electrons. The summed E-state index contributed by atoms with van der Waals surface area (Å²) in [5.74, 6) is 1.02. The fourth-order valence-electron chi connectivity index (χ4n) is 1.94. The third-order valence-electron chi connectivity index (χ3n) is 2.78. The van der Waals surface area contributed by atoms with Crippen LogP contribution < -0.4 is 5.32 Å². The lowest BCUT2D eigenvalue weighted by atomic mass is 10.1. The van der Waals surface area contributed by atoms with Gasteiger partial charge in [0.25, 0.3) is 0 Å². The molecule has 0 amide bonds. The molecular formula is C13H16BrNO. The van der Waals surface area contributed by atoms with Gasteiger partial charge in [0, 0.05) is 5.39 Å². The van der Waals surface area contributed by atoms with Crippen molar-refractivity contribution in [2.75, 3.05) is 7.05 Å². The Morgan fingerprint density at radius 3 is 2.88 bits per heavy atom. The van der Waals surface area contributed by atoms with Gasteiger partial charge in [0.1, 0.15) is 11.3 Å². The molecule has 0 saturated carbocycles. The standard InChI is InChI=1S/C13H16BrNO/c1-3-5-11(15-2)12-8-9-6-4-7-10(14)13(9)16-12/h4,6-8,11,15H,3,5H2,1-2H3. The Balaban J connectivity index is 2.42. The van der Waals surface area contributed by atoms with E-state index in [2.05, 4.69) is 40.3 Å². The zero-order valence-electron chi connectivity index (χ0n) is 9.59. The quantitative estimate of drug-likeness (QED) is 0.906. The summed E-state index contributed by atoms with van der Waals surface area (Å²) < 4.78 is 6.91. The summed E-state index contributed by atoms with van der Waals surface area (Å²) in [7, 11) is 1.97. The van der Waals surface area contributed by atoms with Gasteiger partial charge in [0.05, 0.1) is 10.5 Å². The average Bonchev–Trinajstić information content (AvgIpc) is 2.71. The molecule has 0 spiro atoms. The minimum Gasteiger partial charge on any atom is -0.458 e. The predicted molar refractivity (Wildman–Crippen MR) is 70.6 cm³/mol. The molecule has 0 bridgehead atoms. The van der Waals surface area contributed by atoms with Crippen molar-refractivity contribution >= 4 is 26.9 Å². The summed E-state index contributed by atoms with van der Waals surface area (Å²) in [6, 6.07) is 8.54. The molecule has 16 heavy (non-hydrogen) atoms. The van der Waals surface area contributed by atoms with Crippen LogP contribution in [0.25, 0.3) is 11.0 Å². The fourth-order valence-corrected chi connectivity index (χ4v) is 2.40. The topological polar surface area (TPSA) is 25.2 Å². The Morgan fingerprint density at radius 2 is 2.25 bits per heavy atom. The summed E-state index contributed by atoms with van der Waals surface area (Å²) in [6.07, 6.45) is 2.23. The van der Waals surface area contributed by atoms with Gasteiger partial charge in [0.2, 0.25) is 0 Å². The molecule has 1 atom stereocenters. The highest BCUT2D eigenvalue weighted by atomic mass is 79.9. The number of furan rings is 1. The van der Waals surface area contributed by atoms with Crippen LogP contribution in [-0.2, 0) is 0 Å². The van der Waals surface area contributed by atoms with E-state index in [1.165, 1.54) is 0 Å². The molecule has 0 aliphatic rings. The van der Waals surface area contributed by atoms with Crippen molar-refractivity contribution in [2.24, 2.45) is 0 Å². The maximum absolute atomic E-state index is 5.90. The van der Waals surface area contributed by atoms with Crippen molar-refractivity contribution in [1.82, 2.24) is 5.32 Å². The minimum absolute atomic E-state index is 0.310. The molecule has 1 N–H and O–H groups in total. The van der Waals surface area contributed by atoms with Crippen molar-refractivity contribution in [3.05, 3.63) is 34.5 Å². The maximum atomic E-state index is 5.90. The van der Waals surface area contributed by atoms with Crippen molar-refractivity contribution in [1.29, 1.82) is 0 Å². The lowest BCUT2D eigenvalue weighted by Crippen LogP contribution is -2.15. The predicted octanol–water partition coefficient (Wildman–Crippen LogP) is 4.26. The lowest BCUT2D eigenvalue weighted by molar-refractivity contribution is 0.429. The molecule has 2 rings (SSSR count). The molecule has 1 unspecified atom stereocenters. The first-order valence-electron chi connectivity index (χ1n) is 5.61. The van der Waals surface area contributed by atoms with Crippen LogP contribution >= 0.6 is 15.9 Å². The SMILES string of the molecule is CCCC(NC)c1cc2cccc(Br)c2o1. The highest BCUT2D eigenvalue weighted by Crippen LogP contribution is 2.30. The second-order valence-electron chi connectivity index (χ2n) is 3.94. The molecule has 2 nitrogen and oxygen atoms in total. The molecular weight excluding hydrogens is 266 g/mol. The highest BCUT2D eigenvalue weighted by Gasteiger charge is 2.14. The zero-order valence-corrected chi connectivity index (χ0v) is 11.2. The molecule has 1 aromatic carbocycles. The first-order chi connectivity index (χ1) is 7.76. The van der Waals surface area contributed by atoms with E-state index in [1.807, 2.05) is 19.2 Å². The third-order valence-corrected chi connectivity index (χ3v) is 3.41. The molecule has 0 aliphatic carbocycles. The summed E-state index contributed by atoms with van der Waals surface area (Å²) >= 11 is 3.51. The van der Waals surface area contributed by atoms with E-state index in [0.29, 0.717) is 6.04 Å². The summed E-state index contributed by atoms with van der Waals surface area (Å²) in [6.45, 7) is 2.18. The molecule has 0 fully saturated rings. The number of para-hydroxylation sites is 1. The number of hydrogen-bond acceptors (Lipinski definition) is 2. The number of benzene rings is 1. The molecule has 0 aliphatic heterocycles. The first kappa shape index (κ1) is 11.7. The highest BCUT2D eigenvalue weighted by molar-refractivity contribution is 9.10. The van der Waals surface area contributed by atoms with Gasteiger partial charge in [-0.15, -0.1) is 0 Å². The fraction of sp³-hybridized carbons (Fsp3) is 0.385. The second-order valence-corrected chi connectivity index (χ2v) is 4.79. The molecule has 0 saturated heterocycles. The third kappa shape index (κ3) is 2.15. The number of nitrogens with one attached hydrogen (secondary N) is 1. The lowest BCUT2D eigenvalue weighted by Gasteiger charge is -2.11. The monoisotopic (exact) mass is 281 g/mol. The van der Waals surface area contributed by atoms with Crippen LogP contribution in [0.15, 0.2) is 33.2 Å². The normalized spacial score (nSPS) is 13.2. The van der Waals surface area contributed by atoms with Gasteiger partial charge in [-0.1, -0.05) is 25.5 Å². The van der Waals surface area contributed by atoms with Crippen molar-refractivity contribution < 1.29 is 4.42 Å². The molecule has 1 aromatic heterocycles. The van der Waals surface area contributed by atoms with E-state index in [0.717, 1.165) is 34.0 Å². The Bertz CT molecular complexity index is 478. The van der Waals surface area contributed by atoms with Gasteiger partial charge in [-0.3, -0.25) is 0 Å². The van der Waals surface area contributed by atoms with E-state index >= 15 is 0 Å². The van der Waals surface area contributed by atoms with E-state index in [1.54, 1.807) is 0 Å². The second kappa shape index (κ2) is 5.02. The van der Waals surface area contributed by atoms with Gasteiger partial charge in [-0.2, -0.15) is 0 Å². The Hall–Kier alpha value is -0.800. The largest absolute Gasteiger partial charge is 0.458 e. The van der Waals surface area contributed by atoms with E-state index in [4.69, 9.17) is 4.42 Å². The smallest absolute Gasteiger partial charge is 0.148 e. The molecule has 1 heterocycles. The molecule has 2 aromatic rings. The van der Waals surface area contributed by atoms with Gasteiger partial charge >= 0.3 is 0 Å². The van der Waals surface area contributed by atoms with Crippen LogP contribution in [0.1, 0.15) is 31.6 Å². The minimum atomic E-state index is 0.310. The van der Waals surface area contributed by atoms with Gasteiger partial charge in [-0.25, -0.2) is 0 Å². The first-order valence-corrected chi connectivity index (χ1v) is 6.40. The van der Waals surface area contributed by atoms with E-state index in [9.17, 15) is 0 Å². The van der Waals surface area contributed by atoms with Gasteiger partial charge in [0.15, 0.2) is 0 Å². The zero-order chi connectivity index (χ0) is 11.5. The Labute approximate surface area is 104 Å². The van der Waals surface area contributed by atoms with Gasteiger partial charge in [-0.05, 0) is 41.5 Å². The maximum Gasteiger partial charge on any atom is 0.148 e. The number of hydrogen-bond donors (Lipinski definition) is 1. The van der Waals surface area contributed by atoms with Crippen LogP contribution in [-0.4, -0.2) is 7.05 Å². The van der Waals surface area contributed by atoms with E-state index in [-0.39, 0.29) is 0 Å². The van der Waals surface area contributed by atoms with E-state index < -0.39 is 0 Å². The van der Waals surface area contributed by atoms with Crippen molar-refractivity contribution in [2.45, 2.75) is 25.8 Å². The van der Waals surface area contributed by atoms with Crippen molar-refractivity contribution in [3.63, 3.8) is 0 Å². The Morgan fingerprint density at radius 1 is 1.44 bits per heavy atom. The summed E-state index contributed by atoms with van der Waals surface area (Å²) in [5.41, 5.74) is 0.939. The van der Waals surface area contributed by atoms with Gasteiger partial charge < -0.3 is 9.73 Å². The average molecular weight is 282 g/mol. The summed E-state index contributed by atoms with van der Waals surface area (Å²) in [5, 5.41) is 4.44. The van der Waals surface area contributed by atoms with Crippen molar-refractivity contribution in [3.8, 4) is 0 Å². The number of rotatable bonds is 4. The van der Waals surface area contributed by atoms with Crippen LogP contribution in [0.3, 0.4) is 0 Å². The van der Waals surface area contributed by atoms with Crippen LogP contribution in [0.4, 0.5) is 0 Å². The Kier molecular flexibility index (Phi) is 3.66. The number of fused-ring (bicyclic) bond motifs is 1. The molecule has 3 heteroatoms. The molecule has 86 valence electrons. The van der Waals surface area contributed by atoms with Crippen LogP contribution in [0.2, 0.25) is 0 Å². The van der Waals surface area contributed by atoms with Crippen LogP contribution in [0, 0.1) is 0 Å².